The van der Waals surface area contributed by atoms with Crippen LogP contribution in [0, 0.1) is 0 Å². The van der Waals surface area contributed by atoms with E-state index in [0.29, 0.717) is 29.2 Å². The van der Waals surface area contributed by atoms with Gasteiger partial charge in [0.2, 0.25) is 11.8 Å². The first-order valence-electron chi connectivity index (χ1n) is 8.12. The minimum absolute atomic E-state index is 0.0557. The standard InChI is InChI=1S/C17H20N6O3/c1-5-25-14-12-13(21-15(18)22-14)19-9-10(20-12)11-7-6-8-23(11)16(24)26-17(2,3)4/h6-9H,5H2,1-4H3,(H2,18,19,21,22). The van der Waals surface area contributed by atoms with Crippen molar-refractivity contribution in [3.8, 4) is 17.3 Å². The molecule has 3 heterocycles. The monoisotopic (exact) mass is 356 g/mol. The Morgan fingerprint density at radius 2 is 2.04 bits per heavy atom. The molecule has 9 heteroatoms. The number of nitrogen functional groups attached to an aromatic ring is 1. The van der Waals surface area contributed by atoms with Crippen molar-refractivity contribution in [2.45, 2.75) is 33.3 Å². The molecule has 0 saturated carbocycles. The molecule has 2 N–H and O–H groups in total. The van der Waals surface area contributed by atoms with Crippen LogP contribution in [0.15, 0.2) is 24.5 Å². The van der Waals surface area contributed by atoms with E-state index in [1.807, 2.05) is 6.92 Å². The lowest BCUT2D eigenvalue weighted by Crippen LogP contribution is -2.27. The summed E-state index contributed by atoms with van der Waals surface area (Å²) >= 11 is 0. The lowest BCUT2D eigenvalue weighted by atomic mass is 10.2. The Morgan fingerprint density at radius 1 is 1.27 bits per heavy atom. The van der Waals surface area contributed by atoms with E-state index in [4.69, 9.17) is 15.2 Å². The molecule has 0 aliphatic rings. The summed E-state index contributed by atoms with van der Waals surface area (Å²) in [6, 6.07) is 3.48. The van der Waals surface area contributed by atoms with Gasteiger partial charge in [0.05, 0.1) is 18.5 Å². The highest BCUT2D eigenvalue weighted by molar-refractivity contribution is 5.81. The summed E-state index contributed by atoms with van der Waals surface area (Å²) < 4.78 is 12.3. The van der Waals surface area contributed by atoms with Gasteiger partial charge in [0, 0.05) is 6.20 Å². The van der Waals surface area contributed by atoms with Gasteiger partial charge < -0.3 is 15.2 Å². The van der Waals surface area contributed by atoms with Gasteiger partial charge in [0.1, 0.15) is 11.3 Å². The van der Waals surface area contributed by atoms with Gasteiger partial charge in [-0.1, -0.05) is 0 Å². The topological polar surface area (TPSA) is 118 Å². The maximum absolute atomic E-state index is 12.4. The molecule has 3 aromatic rings. The Bertz CT molecular complexity index is 961. The summed E-state index contributed by atoms with van der Waals surface area (Å²) in [5, 5.41) is 0. The van der Waals surface area contributed by atoms with Crippen molar-refractivity contribution >= 4 is 23.2 Å². The number of carbonyl (C=O) groups excluding carboxylic acids is 1. The van der Waals surface area contributed by atoms with Gasteiger partial charge in [0.15, 0.2) is 11.2 Å². The summed E-state index contributed by atoms with van der Waals surface area (Å²) in [6.07, 6.45) is 2.62. The van der Waals surface area contributed by atoms with Crippen molar-refractivity contribution < 1.29 is 14.3 Å². The molecule has 0 amide bonds. The Kier molecular flexibility index (Phi) is 4.45. The molecule has 0 bridgehead atoms. The first-order chi connectivity index (χ1) is 12.3. The van der Waals surface area contributed by atoms with Crippen LogP contribution in [0.5, 0.6) is 5.88 Å². The van der Waals surface area contributed by atoms with Crippen LogP contribution in [0.1, 0.15) is 27.7 Å². The molecule has 26 heavy (non-hydrogen) atoms. The number of hydrogen-bond acceptors (Lipinski definition) is 8. The molecular formula is C17H20N6O3. The Balaban J connectivity index is 2.07. The number of nitrogens with zero attached hydrogens (tertiary/aromatic N) is 5. The molecule has 0 saturated heterocycles. The number of fused-ring (bicyclic) bond motifs is 1. The number of anilines is 1. The van der Waals surface area contributed by atoms with E-state index in [9.17, 15) is 4.79 Å². The highest BCUT2D eigenvalue weighted by Crippen LogP contribution is 2.25. The number of hydrogen-bond donors (Lipinski definition) is 1. The smallest absolute Gasteiger partial charge is 0.419 e. The minimum atomic E-state index is -0.610. The van der Waals surface area contributed by atoms with E-state index in [2.05, 4.69) is 19.9 Å². The second kappa shape index (κ2) is 6.58. The van der Waals surface area contributed by atoms with E-state index in [1.165, 1.54) is 10.8 Å². The predicted octanol–water partition coefficient (Wildman–Crippen LogP) is 2.65. The van der Waals surface area contributed by atoms with Crippen molar-refractivity contribution in [2.75, 3.05) is 12.3 Å². The molecule has 0 aromatic carbocycles. The molecule has 0 aliphatic heterocycles. The lowest BCUT2D eigenvalue weighted by Gasteiger charge is -2.20. The fourth-order valence-corrected chi connectivity index (χ4v) is 2.32. The molecule has 9 nitrogen and oxygen atoms in total. The fourth-order valence-electron chi connectivity index (χ4n) is 2.32. The van der Waals surface area contributed by atoms with Gasteiger partial charge >= 0.3 is 6.09 Å². The SMILES string of the molecule is CCOc1nc(N)nc2ncc(-c3cccn3C(=O)OC(C)(C)C)nc12. The first kappa shape index (κ1) is 17.6. The zero-order valence-corrected chi connectivity index (χ0v) is 15.1. The molecule has 0 radical (unpaired) electrons. The van der Waals surface area contributed by atoms with Crippen molar-refractivity contribution in [1.82, 2.24) is 24.5 Å². The number of rotatable bonds is 3. The van der Waals surface area contributed by atoms with E-state index in [-0.39, 0.29) is 11.8 Å². The summed E-state index contributed by atoms with van der Waals surface area (Å²) in [7, 11) is 0. The zero-order chi connectivity index (χ0) is 18.9. The average Bonchev–Trinajstić information content (AvgIpc) is 3.03. The summed E-state index contributed by atoms with van der Waals surface area (Å²) in [4.78, 5) is 29.3. The number of nitrogens with two attached hydrogens (primary N) is 1. The van der Waals surface area contributed by atoms with Gasteiger partial charge in [-0.25, -0.2) is 14.8 Å². The van der Waals surface area contributed by atoms with E-state index in [0.717, 1.165) is 0 Å². The maximum Gasteiger partial charge on any atom is 0.419 e. The van der Waals surface area contributed by atoms with Crippen LogP contribution in [0.4, 0.5) is 10.7 Å². The number of ether oxygens (including phenoxy) is 2. The van der Waals surface area contributed by atoms with Crippen LogP contribution < -0.4 is 10.5 Å². The van der Waals surface area contributed by atoms with Crippen LogP contribution in [0.2, 0.25) is 0 Å². The van der Waals surface area contributed by atoms with Gasteiger partial charge in [0.25, 0.3) is 0 Å². The molecule has 0 fully saturated rings. The average molecular weight is 356 g/mol. The van der Waals surface area contributed by atoms with Crippen molar-refractivity contribution in [3.05, 3.63) is 24.5 Å². The molecule has 0 aliphatic carbocycles. The fraction of sp³-hybridized carbons (Fsp3) is 0.353. The second-order valence-electron chi connectivity index (χ2n) is 6.49. The van der Waals surface area contributed by atoms with Crippen LogP contribution >= 0.6 is 0 Å². The lowest BCUT2D eigenvalue weighted by molar-refractivity contribution is 0.0540. The molecule has 3 aromatic heterocycles. The van der Waals surface area contributed by atoms with Crippen molar-refractivity contribution in [3.63, 3.8) is 0 Å². The largest absolute Gasteiger partial charge is 0.476 e. The van der Waals surface area contributed by atoms with Crippen LogP contribution in [0.3, 0.4) is 0 Å². The van der Waals surface area contributed by atoms with Gasteiger partial charge in [-0.05, 0) is 39.8 Å². The number of carbonyl (C=O) groups is 1. The highest BCUT2D eigenvalue weighted by atomic mass is 16.6. The third-order valence-corrected chi connectivity index (χ3v) is 3.27. The number of aromatic nitrogens is 5. The molecule has 0 spiro atoms. The maximum atomic E-state index is 12.4. The van der Waals surface area contributed by atoms with E-state index < -0.39 is 11.7 Å². The van der Waals surface area contributed by atoms with E-state index >= 15 is 0 Å². The van der Waals surface area contributed by atoms with Crippen molar-refractivity contribution in [1.29, 1.82) is 0 Å². The van der Waals surface area contributed by atoms with Crippen LogP contribution in [-0.4, -0.2) is 42.8 Å². The Morgan fingerprint density at radius 3 is 2.73 bits per heavy atom. The normalized spacial score (nSPS) is 11.5. The zero-order valence-electron chi connectivity index (χ0n) is 15.1. The van der Waals surface area contributed by atoms with Gasteiger partial charge in [-0.2, -0.15) is 9.97 Å². The quantitative estimate of drug-likeness (QED) is 0.761. The molecule has 0 atom stereocenters. The molecular weight excluding hydrogens is 336 g/mol. The first-order valence-corrected chi connectivity index (χ1v) is 8.12. The molecule has 136 valence electrons. The Labute approximate surface area is 150 Å². The third kappa shape index (κ3) is 3.56. The van der Waals surface area contributed by atoms with Crippen LogP contribution in [0.25, 0.3) is 22.6 Å². The second-order valence-corrected chi connectivity index (χ2v) is 6.49. The molecule has 3 rings (SSSR count). The highest BCUT2D eigenvalue weighted by Gasteiger charge is 2.21. The van der Waals surface area contributed by atoms with Gasteiger partial charge in [-0.3, -0.25) is 4.57 Å². The minimum Gasteiger partial charge on any atom is -0.476 e. The van der Waals surface area contributed by atoms with Crippen LogP contribution in [-0.2, 0) is 4.74 Å². The van der Waals surface area contributed by atoms with Gasteiger partial charge in [-0.15, -0.1) is 0 Å². The Hall–Kier alpha value is -3.23. The summed E-state index contributed by atoms with van der Waals surface area (Å²) in [5.41, 5.74) is 6.75. The summed E-state index contributed by atoms with van der Waals surface area (Å²) in [6.45, 7) is 7.64. The van der Waals surface area contributed by atoms with E-state index in [1.54, 1.807) is 39.1 Å². The van der Waals surface area contributed by atoms with Crippen molar-refractivity contribution in [2.24, 2.45) is 0 Å². The molecule has 0 unspecified atom stereocenters. The predicted molar refractivity (Wildman–Crippen MR) is 95.8 cm³/mol. The summed E-state index contributed by atoms with van der Waals surface area (Å²) in [5.74, 6) is 0.305. The third-order valence-electron chi connectivity index (χ3n) is 3.27.